The van der Waals surface area contributed by atoms with Crippen LogP contribution in [0, 0.1) is 10.1 Å². The van der Waals surface area contributed by atoms with E-state index in [0.717, 1.165) is 25.2 Å². The summed E-state index contributed by atoms with van der Waals surface area (Å²) in [5.41, 5.74) is 2.94. The highest BCUT2D eigenvalue weighted by molar-refractivity contribution is 5.91. The van der Waals surface area contributed by atoms with Crippen LogP contribution in [0.25, 0.3) is 6.08 Å². The third kappa shape index (κ3) is 5.76. The SMILES string of the molecule is O=C(/C=C/c1cccc([N+](=O)[O-])c1)NCc1cccc(CN2CCCC2)c1. The number of nitro groups is 1. The average Bonchev–Trinajstić information content (AvgIpc) is 3.18. The van der Waals surface area contributed by atoms with Gasteiger partial charge in [-0.2, -0.15) is 0 Å². The minimum absolute atomic E-state index is 0.00683. The molecule has 0 spiro atoms. The molecule has 0 radical (unpaired) electrons. The molecule has 0 unspecified atom stereocenters. The van der Waals surface area contributed by atoms with Gasteiger partial charge < -0.3 is 5.32 Å². The van der Waals surface area contributed by atoms with Gasteiger partial charge in [-0.05, 0) is 48.7 Å². The maximum Gasteiger partial charge on any atom is 0.270 e. The summed E-state index contributed by atoms with van der Waals surface area (Å²) in [7, 11) is 0. The van der Waals surface area contributed by atoms with E-state index in [0.29, 0.717) is 12.1 Å². The van der Waals surface area contributed by atoms with Crippen molar-refractivity contribution < 1.29 is 9.72 Å². The lowest BCUT2D eigenvalue weighted by Gasteiger charge is -2.15. The molecule has 1 fully saturated rings. The molecule has 0 bridgehead atoms. The molecule has 0 aliphatic carbocycles. The van der Waals surface area contributed by atoms with E-state index in [1.807, 2.05) is 12.1 Å². The Morgan fingerprint density at radius 1 is 1.11 bits per heavy atom. The predicted molar refractivity (Wildman–Crippen MR) is 105 cm³/mol. The number of nitrogens with zero attached hydrogens (tertiary/aromatic N) is 2. The predicted octanol–water partition coefficient (Wildman–Crippen LogP) is 3.52. The monoisotopic (exact) mass is 365 g/mol. The van der Waals surface area contributed by atoms with Crippen molar-refractivity contribution in [3.63, 3.8) is 0 Å². The maximum absolute atomic E-state index is 12.0. The highest BCUT2D eigenvalue weighted by atomic mass is 16.6. The fourth-order valence-corrected chi connectivity index (χ4v) is 3.20. The normalized spacial score (nSPS) is 14.5. The first-order valence-corrected chi connectivity index (χ1v) is 9.11. The Hall–Kier alpha value is -2.99. The maximum atomic E-state index is 12.0. The fraction of sp³-hybridized carbons (Fsp3) is 0.286. The summed E-state index contributed by atoms with van der Waals surface area (Å²) in [5.74, 6) is -0.230. The fourth-order valence-electron chi connectivity index (χ4n) is 3.20. The van der Waals surface area contributed by atoms with Crippen molar-refractivity contribution in [3.8, 4) is 0 Å². The summed E-state index contributed by atoms with van der Waals surface area (Å²) in [6, 6.07) is 14.4. The average molecular weight is 365 g/mol. The van der Waals surface area contributed by atoms with Gasteiger partial charge in [0.2, 0.25) is 5.91 Å². The van der Waals surface area contributed by atoms with E-state index in [9.17, 15) is 14.9 Å². The summed E-state index contributed by atoms with van der Waals surface area (Å²) in [6.45, 7) is 3.72. The Morgan fingerprint density at radius 2 is 1.85 bits per heavy atom. The number of carbonyl (C=O) groups is 1. The number of rotatable bonds is 7. The molecule has 1 amide bonds. The molecule has 2 aromatic carbocycles. The lowest BCUT2D eigenvalue weighted by molar-refractivity contribution is -0.384. The summed E-state index contributed by atoms with van der Waals surface area (Å²) in [6.07, 6.45) is 5.51. The van der Waals surface area contributed by atoms with Crippen molar-refractivity contribution in [2.75, 3.05) is 13.1 Å². The molecule has 6 heteroatoms. The molecule has 0 saturated carbocycles. The van der Waals surface area contributed by atoms with Gasteiger partial charge in [0.25, 0.3) is 5.69 Å². The smallest absolute Gasteiger partial charge is 0.270 e. The van der Waals surface area contributed by atoms with Crippen molar-refractivity contribution in [1.29, 1.82) is 0 Å². The molecular weight excluding hydrogens is 342 g/mol. The number of benzene rings is 2. The zero-order valence-corrected chi connectivity index (χ0v) is 15.1. The molecule has 0 aromatic heterocycles. The summed E-state index contributed by atoms with van der Waals surface area (Å²) in [5, 5.41) is 13.6. The van der Waals surface area contributed by atoms with Gasteiger partial charge >= 0.3 is 0 Å². The van der Waals surface area contributed by atoms with Crippen molar-refractivity contribution in [3.05, 3.63) is 81.4 Å². The summed E-state index contributed by atoms with van der Waals surface area (Å²) >= 11 is 0. The standard InChI is InChI=1S/C21H23N3O3/c25-21(10-9-17-5-4-8-20(14-17)24(26)27)22-15-18-6-3-7-19(13-18)16-23-11-1-2-12-23/h3-10,13-14H,1-2,11-12,15-16H2,(H,22,25)/b10-9+. The van der Waals surface area contributed by atoms with Crippen LogP contribution in [-0.2, 0) is 17.9 Å². The van der Waals surface area contributed by atoms with E-state index in [4.69, 9.17) is 0 Å². The molecule has 27 heavy (non-hydrogen) atoms. The van der Waals surface area contributed by atoms with Crippen LogP contribution >= 0.6 is 0 Å². The van der Waals surface area contributed by atoms with Gasteiger partial charge in [0.15, 0.2) is 0 Å². The van der Waals surface area contributed by atoms with Crippen LogP contribution in [0.3, 0.4) is 0 Å². The second-order valence-corrected chi connectivity index (χ2v) is 6.71. The Labute approximate surface area is 158 Å². The number of likely N-dealkylation sites (tertiary alicyclic amines) is 1. The van der Waals surface area contributed by atoms with Crippen molar-refractivity contribution in [2.24, 2.45) is 0 Å². The van der Waals surface area contributed by atoms with Gasteiger partial charge in [-0.25, -0.2) is 0 Å². The Kier molecular flexibility index (Phi) is 6.33. The van der Waals surface area contributed by atoms with Gasteiger partial charge in [-0.3, -0.25) is 19.8 Å². The van der Waals surface area contributed by atoms with Crippen LogP contribution in [0.4, 0.5) is 5.69 Å². The van der Waals surface area contributed by atoms with Gasteiger partial charge in [0.05, 0.1) is 4.92 Å². The van der Waals surface area contributed by atoms with Gasteiger partial charge in [-0.15, -0.1) is 0 Å². The molecule has 140 valence electrons. The Morgan fingerprint density at radius 3 is 2.63 bits per heavy atom. The quantitative estimate of drug-likeness (QED) is 0.463. The topological polar surface area (TPSA) is 75.5 Å². The highest BCUT2D eigenvalue weighted by Crippen LogP contribution is 2.15. The number of amides is 1. The van der Waals surface area contributed by atoms with Crippen LogP contribution in [0.2, 0.25) is 0 Å². The molecule has 1 N–H and O–H groups in total. The van der Waals surface area contributed by atoms with E-state index in [-0.39, 0.29) is 11.6 Å². The van der Waals surface area contributed by atoms with Crippen LogP contribution in [0.15, 0.2) is 54.6 Å². The lowest BCUT2D eigenvalue weighted by atomic mass is 10.1. The third-order valence-corrected chi connectivity index (χ3v) is 4.57. The molecule has 1 heterocycles. The van der Waals surface area contributed by atoms with Crippen LogP contribution < -0.4 is 5.32 Å². The zero-order valence-electron chi connectivity index (χ0n) is 15.1. The minimum Gasteiger partial charge on any atom is -0.348 e. The van der Waals surface area contributed by atoms with Gasteiger partial charge in [0.1, 0.15) is 0 Å². The Balaban J connectivity index is 1.52. The summed E-state index contributed by atoms with van der Waals surface area (Å²) in [4.78, 5) is 24.8. The largest absolute Gasteiger partial charge is 0.348 e. The number of non-ortho nitro benzene ring substituents is 1. The van der Waals surface area contributed by atoms with Gasteiger partial charge in [-0.1, -0.05) is 36.4 Å². The first-order valence-electron chi connectivity index (χ1n) is 9.11. The van der Waals surface area contributed by atoms with Gasteiger partial charge in [0, 0.05) is 31.3 Å². The van der Waals surface area contributed by atoms with Crippen molar-refractivity contribution in [2.45, 2.75) is 25.9 Å². The molecule has 0 atom stereocenters. The van der Waals surface area contributed by atoms with Crippen LogP contribution in [0.1, 0.15) is 29.5 Å². The Bertz CT molecular complexity index is 842. The second-order valence-electron chi connectivity index (χ2n) is 6.71. The van der Waals surface area contributed by atoms with Crippen molar-refractivity contribution >= 4 is 17.7 Å². The molecule has 1 aliphatic heterocycles. The van der Waals surface area contributed by atoms with Crippen molar-refractivity contribution in [1.82, 2.24) is 10.2 Å². The van der Waals surface area contributed by atoms with E-state index in [1.54, 1.807) is 18.2 Å². The minimum atomic E-state index is -0.452. The number of nitro benzene ring substituents is 1. The van der Waals surface area contributed by atoms with E-state index < -0.39 is 4.92 Å². The molecule has 1 aliphatic rings. The zero-order chi connectivity index (χ0) is 19.1. The van der Waals surface area contributed by atoms with Crippen LogP contribution in [0.5, 0.6) is 0 Å². The number of carbonyl (C=O) groups excluding carboxylic acids is 1. The highest BCUT2D eigenvalue weighted by Gasteiger charge is 2.11. The molecule has 3 rings (SSSR count). The number of hydrogen-bond donors (Lipinski definition) is 1. The molecule has 2 aromatic rings. The van der Waals surface area contributed by atoms with E-state index in [1.165, 1.54) is 36.6 Å². The third-order valence-electron chi connectivity index (χ3n) is 4.57. The lowest BCUT2D eigenvalue weighted by Crippen LogP contribution is -2.21. The molecular formula is C21H23N3O3. The number of nitrogens with one attached hydrogen (secondary N) is 1. The first-order chi connectivity index (χ1) is 13.1. The second kappa shape index (κ2) is 9.09. The van der Waals surface area contributed by atoms with Crippen LogP contribution in [-0.4, -0.2) is 28.8 Å². The summed E-state index contributed by atoms with van der Waals surface area (Å²) < 4.78 is 0. The molecule has 1 saturated heterocycles. The van der Waals surface area contributed by atoms with E-state index >= 15 is 0 Å². The molecule has 6 nitrogen and oxygen atoms in total. The van der Waals surface area contributed by atoms with E-state index in [2.05, 4.69) is 22.3 Å². The first kappa shape index (κ1) is 18.8. The number of hydrogen-bond acceptors (Lipinski definition) is 4.